The minimum absolute atomic E-state index is 0.0797. The molecule has 1 fully saturated rings. The maximum Gasteiger partial charge on any atom is 0.227 e. The van der Waals surface area contributed by atoms with Crippen molar-refractivity contribution in [2.24, 2.45) is 5.92 Å². The zero-order valence-electron chi connectivity index (χ0n) is 17.1. The van der Waals surface area contributed by atoms with E-state index in [-0.39, 0.29) is 5.92 Å². The molecule has 0 N–H and O–H groups in total. The van der Waals surface area contributed by atoms with Crippen LogP contribution < -0.4 is 4.90 Å². The highest BCUT2D eigenvalue weighted by Gasteiger charge is 2.31. The molecule has 28 heavy (non-hydrogen) atoms. The third-order valence-electron chi connectivity index (χ3n) is 5.69. The van der Waals surface area contributed by atoms with Crippen molar-refractivity contribution in [1.82, 2.24) is 24.3 Å². The van der Waals surface area contributed by atoms with Crippen molar-refractivity contribution >= 4 is 11.7 Å². The van der Waals surface area contributed by atoms with Crippen LogP contribution in [-0.2, 0) is 24.3 Å². The molecule has 2 aliphatic rings. The Morgan fingerprint density at radius 1 is 1.21 bits per heavy atom. The average molecular weight is 383 g/mol. The van der Waals surface area contributed by atoms with Crippen LogP contribution >= 0.6 is 0 Å². The van der Waals surface area contributed by atoms with Crippen molar-refractivity contribution < 1.29 is 4.79 Å². The number of hydrogen-bond acceptors (Lipinski definition) is 5. The van der Waals surface area contributed by atoms with Crippen LogP contribution in [0.4, 0.5) is 5.82 Å². The van der Waals surface area contributed by atoms with Gasteiger partial charge in [0.2, 0.25) is 5.91 Å². The number of piperazine rings is 1. The fraction of sp³-hybridized carbons (Fsp3) is 0.571. The van der Waals surface area contributed by atoms with Gasteiger partial charge in [0.05, 0.1) is 11.6 Å². The van der Waals surface area contributed by atoms with Crippen LogP contribution in [0.2, 0.25) is 0 Å². The molecule has 2 aliphatic heterocycles. The fourth-order valence-electron chi connectivity index (χ4n) is 4.26. The van der Waals surface area contributed by atoms with E-state index < -0.39 is 0 Å². The predicted octanol–water partition coefficient (Wildman–Crippen LogP) is 1.56. The lowest BCUT2D eigenvalue weighted by atomic mass is 9.97. The first-order valence-electron chi connectivity index (χ1n) is 10.2. The van der Waals surface area contributed by atoms with Gasteiger partial charge in [-0.05, 0) is 39.1 Å². The summed E-state index contributed by atoms with van der Waals surface area (Å²) in [5, 5.41) is 0. The smallest absolute Gasteiger partial charge is 0.227 e. The summed E-state index contributed by atoms with van der Waals surface area (Å²) < 4.78 is 2.16. The van der Waals surface area contributed by atoms with E-state index in [0.717, 1.165) is 69.4 Å². The van der Waals surface area contributed by atoms with Crippen molar-refractivity contribution in [2.45, 2.75) is 32.9 Å². The molecule has 2 aromatic rings. The van der Waals surface area contributed by atoms with Crippen LogP contribution in [0.5, 0.6) is 0 Å². The molecular weight excluding hydrogens is 352 g/mol. The second-order valence-electron chi connectivity index (χ2n) is 8.26. The molecule has 1 saturated heterocycles. The van der Waals surface area contributed by atoms with Gasteiger partial charge in [0.1, 0.15) is 11.6 Å². The van der Waals surface area contributed by atoms with E-state index in [4.69, 9.17) is 0 Å². The first-order valence-corrected chi connectivity index (χ1v) is 10.2. The van der Waals surface area contributed by atoms with Crippen LogP contribution in [-0.4, -0.2) is 70.5 Å². The lowest BCUT2D eigenvalue weighted by Crippen LogP contribution is -2.51. The van der Waals surface area contributed by atoms with E-state index in [1.165, 1.54) is 5.56 Å². The third-order valence-corrected chi connectivity index (χ3v) is 5.69. The summed E-state index contributed by atoms with van der Waals surface area (Å²) in [7, 11) is 4.12. The zero-order valence-corrected chi connectivity index (χ0v) is 17.1. The lowest BCUT2D eigenvalue weighted by molar-refractivity contribution is -0.136. The minimum Gasteiger partial charge on any atom is -0.353 e. The number of carbonyl (C=O) groups is 1. The number of aromatic nitrogens is 3. The maximum absolute atomic E-state index is 13.0. The molecule has 0 spiro atoms. The van der Waals surface area contributed by atoms with Gasteiger partial charge in [0.25, 0.3) is 0 Å². The summed E-state index contributed by atoms with van der Waals surface area (Å²) in [4.78, 5) is 28.6. The largest absolute Gasteiger partial charge is 0.353 e. The molecule has 4 heterocycles. The Bertz CT molecular complexity index is 820. The Morgan fingerprint density at radius 2 is 2.00 bits per heavy atom. The second kappa shape index (κ2) is 7.91. The van der Waals surface area contributed by atoms with Crippen molar-refractivity contribution in [3.8, 4) is 0 Å². The predicted molar refractivity (Wildman–Crippen MR) is 109 cm³/mol. The van der Waals surface area contributed by atoms with Crippen LogP contribution in [0.1, 0.15) is 23.5 Å². The molecule has 0 radical (unpaired) electrons. The number of carbonyl (C=O) groups excluding carboxylic acids is 1. The average Bonchev–Trinajstić information content (AvgIpc) is 3.07. The van der Waals surface area contributed by atoms with Crippen LogP contribution in [0.15, 0.2) is 24.5 Å². The SMILES string of the molecule is Cc1cn2c(n1)CCC(C(=O)N1CCN(c3ccc(CN(C)C)cn3)CC1)C2. The molecular formula is C21H30N6O. The molecule has 1 amide bonds. The number of amides is 1. The monoisotopic (exact) mass is 382 g/mol. The quantitative estimate of drug-likeness (QED) is 0.803. The minimum atomic E-state index is 0.0797. The van der Waals surface area contributed by atoms with Gasteiger partial charge in [-0.15, -0.1) is 0 Å². The molecule has 7 nitrogen and oxygen atoms in total. The first-order chi connectivity index (χ1) is 13.5. The molecule has 1 unspecified atom stereocenters. The Kier molecular flexibility index (Phi) is 5.35. The van der Waals surface area contributed by atoms with Crippen LogP contribution in [0.25, 0.3) is 0 Å². The maximum atomic E-state index is 13.0. The van der Waals surface area contributed by atoms with Crippen molar-refractivity contribution in [3.05, 3.63) is 41.6 Å². The number of pyridine rings is 1. The standard InChI is InChI=1S/C21H30N6O/c1-16-13-27-15-18(5-7-20(27)23-16)21(28)26-10-8-25(9-11-26)19-6-4-17(12-22-19)14-24(2)3/h4,6,12-13,18H,5,7-11,14-15H2,1-3H3. The second-order valence-corrected chi connectivity index (χ2v) is 8.26. The van der Waals surface area contributed by atoms with Gasteiger partial charge >= 0.3 is 0 Å². The molecule has 150 valence electrons. The molecule has 7 heteroatoms. The van der Waals surface area contributed by atoms with Crippen LogP contribution in [0, 0.1) is 12.8 Å². The van der Waals surface area contributed by atoms with Gasteiger partial charge in [-0.3, -0.25) is 4.79 Å². The van der Waals surface area contributed by atoms with Gasteiger partial charge in [-0.1, -0.05) is 6.07 Å². The Balaban J connectivity index is 1.32. The molecule has 2 aromatic heterocycles. The summed E-state index contributed by atoms with van der Waals surface area (Å²) in [6.07, 6.45) is 5.83. The number of nitrogens with zero attached hydrogens (tertiary/aromatic N) is 6. The first kappa shape index (κ1) is 18.9. The number of aryl methyl sites for hydroxylation is 2. The van der Waals surface area contributed by atoms with E-state index in [1.54, 1.807) is 0 Å². The fourth-order valence-corrected chi connectivity index (χ4v) is 4.26. The van der Waals surface area contributed by atoms with Gasteiger partial charge in [-0.2, -0.15) is 0 Å². The van der Waals surface area contributed by atoms with Crippen LogP contribution in [0.3, 0.4) is 0 Å². The van der Waals surface area contributed by atoms with E-state index in [0.29, 0.717) is 5.91 Å². The van der Waals surface area contributed by atoms with Gasteiger partial charge in [-0.25, -0.2) is 9.97 Å². The van der Waals surface area contributed by atoms with E-state index in [1.807, 2.05) is 18.0 Å². The normalized spacial score (nSPS) is 19.8. The highest BCUT2D eigenvalue weighted by Crippen LogP contribution is 2.23. The molecule has 0 aliphatic carbocycles. The highest BCUT2D eigenvalue weighted by atomic mass is 16.2. The third kappa shape index (κ3) is 4.04. The molecule has 4 rings (SSSR count). The molecule has 0 saturated carbocycles. The number of imidazole rings is 1. The van der Waals surface area contributed by atoms with Gasteiger partial charge in [0.15, 0.2) is 0 Å². The van der Waals surface area contributed by atoms with Gasteiger partial charge < -0.3 is 19.3 Å². The van der Waals surface area contributed by atoms with Crippen molar-refractivity contribution in [3.63, 3.8) is 0 Å². The Morgan fingerprint density at radius 3 is 2.68 bits per heavy atom. The summed E-state index contributed by atoms with van der Waals surface area (Å²) >= 11 is 0. The topological polar surface area (TPSA) is 57.5 Å². The number of rotatable bonds is 4. The Hall–Kier alpha value is -2.41. The molecule has 0 aromatic carbocycles. The molecule has 0 bridgehead atoms. The number of hydrogen-bond donors (Lipinski definition) is 0. The summed E-state index contributed by atoms with van der Waals surface area (Å²) in [6, 6.07) is 4.24. The molecule has 1 atom stereocenters. The summed E-state index contributed by atoms with van der Waals surface area (Å²) in [5.41, 5.74) is 2.26. The van der Waals surface area contributed by atoms with Gasteiger partial charge in [0, 0.05) is 58.1 Å². The van der Waals surface area contributed by atoms with E-state index in [2.05, 4.69) is 56.8 Å². The van der Waals surface area contributed by atoms with Crippen molar-refractivity contribution in [2.75, 3.05) is 45.2 Å². The Labute approximate surface area is 167 Å². The summed E-state index contributed by atoms with van der Waals surface area (Å²) in [6.45, 7) is 6.90. The summed E-state index contributed by atoms with van der Waals surface area (Å²) in [5.74, 6) is 2.50. The van der Waals surface area contributed by atoms with E-state index in [9.17, 15) is 4.79 Å². The lowest BCUT2D eigenvalue weighted by Gasteiger charge is -2.37. The van der Waals surface area contributed by atoms with E-state index >= 15 is 0 Å². The van der Waals surface area contributed by atoms with Crippen molar-refractivity contribution in [1.29, 1.82) is 0 Å². The number of fused-ring (bicyclic) bond motifs is 1. The number of anilines is 1. The zero-order chi connectivity index (χ0) is 19.7. The highest BCUT2D eigenvalue weighted by molar-refractivity contribution is 5.79.